The lowest BCUT2D eigenvalue weighted by molar-refractivity contribution is 0.0958. The summed E-state index contributed by atoms with van der Waals surface area (Å²) in [5.41, 5.74) is 1.75. The second kappa shape index (κ2) is 7.73. The van der Waals surface area contributed by atoms with E-state index in [4.69, 9.17) is 11.6 Å². The molecular formula is C19H19ClN6OS. The van der Waals surface area contributed by atoms with Gasteiger partial charge in [0.15, 0.2) is 0 Å². The van der Waals surface area contributed by atoms with E-state index in [-0.39, 0.29) is 5.91 Å². The lowest BCUT2D eigenvalue weighted by Crippen LogP contribution is -2.25. The van der Waals surface area contributed by atoms with Gasteiger partial charge in [-0.3, -0.25) is 4.79 Å². The van der Waals surface area contributed by atoms with E-state index in [0.717, 1.165) is 34.0 Å². The van der Waals surface area contributed by atoms with Crippen molar-refractivity contribution in [1.29, 1.82) is 0 Å². The van der Waals surface area contributed by atoms with E-state index in [1.807, 2.05) is 53.4 Å². The van der Waals surface area contributed by atoms with Crippen molar-refractivity contribution in [3.05, 3.63) is 58.1 Å². The topological polar surface area (TPSA) is 77.6 Å². The first-order chi connectivity index (χ1) is 13.6. The highest BCUT2D eigenvalue weighted by Gasteiger charge is 2.17. The largest absolute Gasteiger partial charge is 0.351 e. The molecule has 0 spiro atoms. The fourth-order valence-electron chi connectivity index (χ4n) is 3.05. The number of hydrogen-bond acceptors (Lipinski definition) is 5. The molecule has 3 heterocycles. The van der Waals surface area contributed by atoms with E-state index in [9.17, 15) is 4.79 Å². The molecule has 7 nitrogen and oxygen atoms in total. The molecular weight excluding hydrogens is 396 g/mol. The maximum Gasteiger partial charge on any atom is 0.261 e. The van der Waals surface area contributed by atoms with Crippen molar-refractivity contribution >= 4 is 39.1 Å². The number of nitrogens with one attached hydrogen (secondary N) is 1. The summed E-state index contributed by atoms with van der Waals surface area (Å²) in [4.78, 5) is 14.2. The lowest BCUT2D eigenvalue weighted by atomic mass is 10.3. The highest BCUT2D eigenvalue weighted by atomic mass is 35.5. The number of aryl methyl sites for hydroxylation is 2. The fraction of sp³-hybridized carbons (Fsp3) is 0.263. The normalized spacial score (nSPS) is 11.2. The molecule has 0 saturated heterocycles. The van der Waals surface area contributed by atoms with Crippen LogP contribution in [0, 0.1) is 6.92 Å². The van der Waals surface area contributed by atoms with Crippen molar-refractivity contribution in [3.63, 3.8) is 0 Å². The molecule has 0 aliphatic heterocycles. The zero-order chi connectivity index (χ0) is 19.7. The minimum atomic E-state index is -0.0965. The first-order valence-corrected chi connectivity index (χ1v) is 10.2. The van der Waals surface area contributed by atoms with Gasteiger partial charge in [-0.25, -0.2) is 4.68 Å². The summed E-state index contributed by atoms with van der Waals surface area (Å²) < 4.78 is 3.80. The molecule has 1 amide bonds. The molecule has 9 heteroatoms. The average Bonchev–Trinajstić information content (AvgIpc) is 3.38. The quantitative estimate of drug-likeness (QED) is 0.522. The monoisotopic (exact) mass is 414 g/mol. The van der Waals surface area contributed by atoms with Crippen LogP contribution in [0.1, 0.15) is 28.1 Å². The Hall–Kier alpha value is -2.71. The van der Waals surface area contributed by atoms with E-state index in [2.05, 4.69) is 20.6 Å². The second-order valence-corrected chi connectivity index (χ2v) is 7.81. The minimum Gasteiger partial charge on any atom is -0.351 e. The highest BCUT2D eigenvalue weighted by Crippen LogP contribution is 2.30. The van der Waals surface area contributed by atoms with Crippen LogP contribution < -0.4 is 5.32 Å². The zero-order valence-electron chi connectivity index (χ0n) is 15.5. The fourth-order valence-corrected chi connectivity index (χ4v) is 4.34. The van der Waals surface area contributed by atoms with Gasteiger partial charge in [0.2, 0.25) is 0 Å². The molecule has 1 N–H and O–H groups in total. The predicted octanol–water partition coefficient (Wildman–Crippen LogP) is 3.63. The molecule has 0 bridgehead atoms. The van der Waals surface area contributed by atoms with E-state index in [1.165, 1.54) is 11.3 Å². The predicted molar refractivity (Wildman–Crippen MR) is 110 cm³/mol. The van der Waals surface area contributed by atoms with E-state index < -0.39 is 0 Å². The average molecular weight is 415 g/mol. The summed E-state index contributed by atoms with van der Waals surface area (Å²) >= 11 is 7.54. The molecule has 4 rings (SSSR count). The number of amides is 1. The van der Waals surface area contributed by atoms with Crippen LogP contribution in [0.15, 0.2) is 36.7 Å². The molecule has 0 radical (unpaired) electrons. The number of benzene rings is 1. The van der Waals surface area contributed by atoms with Gasteiger partial charge in [-0.1, -0.05) is 17.7 Å². The maximum absolute atomic E-state index is 12.6. The van der Waals surface area contributed by atoms with Crippen LogP contribution in [0.4, 0.5) is 0 Å². The van der Waals surface area contributed by atoms with Gasteiger partial charge < -0.3 is 9.88 Å². The number of fused-ring (bicyclic) bond motifs is 1. The maximum atomic E-state index is 12.6. The summed E-state index contributed by atoms with van der Waals surface area (Å²) in [6, 6.07) is 9.41. The first kappa shape index (κ1) is 18.6. The van der Waals surface area contributed by atoms with Gasteiger partial charge in [-0.15, -0.1) is 21.5 Å². The molecule has 28 heavy (non-hydrogen) atoms. The number of carbonyl (C=O) groups is 1. The molecule has 4 aromatic rings. The first-order valence-electron chi connectivity index (χ1n) is 8.96. The van der Waals surface area contributed by atoms with Crippen molar-refractivity contribution < 1.29 is 4.79 Å². The minimum absolute atomic E-state index is 0.0965. The molecule has 1 aromatic carbocycles. The van der Waals surface area contributed by atoms with Crippen LogP contribution in [0.3, 0.4) is 0 Å². The zero-order valence-corrected chi connectivity index (χ0v) is 17.1. The SMILES string of the molecule is CCn1cnnc1CCNC(=O)c1cc2c(C)nn(-c3cccc(Cl)c3)c2s1. The third kappa shape index (κ3) is 3.53. The van der Waals surface area contributed by atoms with Gasteiger partial charge in [0.1, 0.15) is 17.0 Å². The Morgan fingerprint density at radius 2 is 2.18 bits per heavy atom. The Kier molecular flexibility index (Phi) is 5.15. The number of rotatable bonds is 6. The Morgan fingerprint density at radius 3 is 2.96 bits per heavy atom. The molecule has 0 saturated carbocycles. The van der Waals surface area contributed by atoms with Gasteiger partial charge in [0, 0.05) is 29.9 Å². The summed E-state index contributed by atoms with van der Waals surface area (Å²) in [6.07, 6.45) is 2.34. The standard InChI is InChI=1S/C19H19ClN6OS/c1-3-25-11-22-23-17(25)7-8-21-18(27)16-10-15-12(2)24-26(19(15)28-16)14-6-4-5-13(20)9-14/h4-6,9-11H,3,7-8H2,1-2H3,(H,21,27). The van der Waals surface area contributed by atoms with Crippen LogP contribution in [-0.2, 0) is 13.0 Å². The molecule has 0 fully saturated rings. The highest BCUT2D eigenvalue weighted by molar-refractivity contribution is 7.20. The summed E-state index contributed by atoms with van der Waals surface area (Å²) in [5.74, 6) is 0.771. The number of nitrogens with zero attached hydrogens (tertiary/aromatic N) is 5. The number of thiophene rings is 1. The van der Waals surface area contributed by atoms with E-state index in [1.54, 1.807) is 6.33 Å². The third-order valence-electron chi connectivity index (χ3n) is 4.49. The third-order valence-corrected chi connectivity index (χ3v) is 5.84. The Morgan fingerprint density at radius 1 is 1.32 bits per heavy atom. The van der Waals surface area contributed by atoms with Gasteiger partial charge in [-0.05, 0) is 38.1 Å². The molecule has 3 aromatic heterocycles. The number of hydrogen-bond donors (Lipinski definition) is 1. The number of halogens is 1. The summed E-state index contributed by atoms with van der Waals surface area (Å²) in [5, 5.41) is 17.2. The summed E-state index contributed by atoms with van der Waals surface area (Å²) in [7, 11) is 0. The molecule has 0 aliphatic carbocycles. The van der Waals surface area contributed by atoms with Crippen LogP contribution in [0.5, 0.6) is 0 Å². The Balaban J connectivity index is 1.53. The van der Waals surface area contributed by atoms with Crippen molar-refractivity contribution in [2.24, 2.45) is 0 Å². The van der Waals surface area contributed by atoms with Gasteiger partial charge in [-0.2, -0.15) is 5.10 Å². The number of carbonyl (C=O) groups excluding carboxylic acids is 1. The van der Waals surface area contributed by atoms with Gasteiger partial charge in [0.25, 0.3) is 5.91 Å². The van der Waals surface area contributed by atoms with Crippen LogP contribution in [-0.4, -0.2) is 37.0 Å². The molecule has 144 valence electrons. The van der Waals surface area contributed by atoms with Gasteiger partial charge >= 0.3 is 0 Å². The van der Waals surface area contributed by atoms with E-state index >= 15 is 0 Å². The van der Waals surface area contributed by atoms with Crippen LogP contribution in [0.25, 0.3) is 15.9 Å². The van der Waals surface area contributed by atoms with E-state index in [0.29, 0.717) is 22.9 Å². The van der Waals surface area contributed by atoms with Crippen molar-refractivity contribution in [1.82, 2.24) is 29.9 Å². The van der Waals surface area contributed by atoms with Crippen LogP contribution in [0.2, 0.25) is 5.02 Å². The van der Waals surface area contributed by atoms with Crippen LogP contribution >= 0.6 is 22.9 Å². The number of aromatic nitrogens is 5. The Bertz CT molecular complexity index is 1140. The smallest absolute Gasteiger partial charge is 0.261 e. The lowest BCUT2D eigenvalue weighted by Gasteiger charge is -2.05. The molecule has 0 atom stereocenters. The second-order valence-electron chi connectivity index (χ2n) is 6.35. The molecule has 0 aliphatic rings. The Labute approximate surface area is 171 Å². The summed E-state index contributed by atoms with van der Waals surface area (Å²) in [6.45, 7) is 5.29. The molecule has 0 unspecified atom stereocenters. The van der Waals surface area contributed by atoms with Crippen molar-refractivity contribution in [3.8, 4) is 5.69 Å². The van der Waals surface area contributed by atoms with Gasteiger partial charge in [0.05, 0.1) is 16.3 Å². The van der Waals surface area contributed by atoms with Crippen molar-refractivity contribution in [2.75, 3.05) is 6.54 Å². The van der Waals surface area contributed by atoms with Crippen molar-refractivity contribution in [2.45, 2.75) is 26.8 Å².